The molecule has 1 aromatic heterocycles. The lowest BCUT2D eigenvalue weighted by molar-refractivity contribution is -0.136. The Morgan fingerprint density at radius 1 is 1.24 bits per heavy atom. The normalized spacial score (nSPS) is 19.3. The topological polar surface area (TPSA) is 48.5 Å². The van der Waals surface area contributed by atoms with Gasteiger partial charge in [-0.05, 0) is 63.7 Å². The molecule has 2 saturated heterocycles. The smallest absolute Gasteiger partial charge is 0.225 e. The third kappa shape index (κ3) is 5.32. The molecule has 1 N–H and O–H groups in total. The molecule has 3 rings (SSSR count). The van der Waals surface area contributed by atoms with E-state index in [0.717, 1.165) is 70.8 Å². The molecule has 0 radical (unpaired) electrons. The Balaban J connectivity index is 0.00000225. The predicted molar refractivity (Wildman–Crippen MR) is 104 cm³/mol. The summed E-state index contributed by atoms with van der Waals surface area (Å²) in [4.78, 5) is 21.7. The van der Waals surface area contributed by atoms with Crippen LogP contribution in [0.4, 0.5) is 5.82 Å². The van der Waals surface area contributed by atoms with Gasteiger partial charge in [0.15, 0.2) is 0 Å². The van der Waals surface area contributed by atoms with Gasteiger partial charge in [-0.2, -0.15) is 0 Å². The predicted octanol–water partition coefficient (Wildman–Crippen LogP) is 2.57. The number of nitrogens with one attached hydrogen (secondary N) is 1. The van der Waals surface area contributed by atoms with Gasteiger partial charge < -0.3 is 15.1 Å². The molecule has 1 aromatic rings. The molecule has 2 aliphatic heterocycles. The van der Waals surface area contributed by atoms with Gasteiger partial charge in [-0.3, -0.25) is 4.79 Å². The average Bonchev–Trinajstić information content (AvgIpc) is 2.67. The number of carbonyl (C=O) groups is 1. The molecule has 0 bridgehead atoms. The van der Waals surface area contributed by atoms with Gasteiger partial charge in [0.25, 0.3) is 0 Å². The number of anilines is 1. The molecule has 0 aromatic carbocycles. The van der Waals surface area contributed by atoms with E-state index in [1.165, 1.54) is 0 Å². The monoisotopic (exact) mass is 366 g/mol. The van der Waals surface area contributed by atoms with Crippen LogP contribution >= 0.6 is 12.4 Å². The molecule has 5 nitrogen and oxygen atoms in total. The largest absolute Gasteiger partial charge is 0.357 e. The number of aromatic nitrogens is 1. The lowest BCUT2D eigenvalue weighted by atomic mass is 9.93. The number of carbonyl (C=O) groups excluding carboxylic acids is 1. The first-order valence-corrected chi connectivity index (χ1v) is 9.43. The van der Waals surface area contributed by atoms with E-state index < -0.39 is 0 Å². The van der Waals surface area contributed by atoms with Crippen LogP contribution in [0, 0.1) is 11.8 Å². The summed E-state index contributed by atoms with van der Waals surface area (Å²) in [5.74, 6) is 2.32. The van der Waals surface area contributed by atoms with Crippen molar-refractivity contribution >= 4 is 24.1 Å². The molecule has 0 atom stereocenters. The number of piperidine rings is 2. The molecule has 0 saturated carbocycles. The van der Waals surface area contributed by atoms with Gasteiger partial charge in [-0.1, -0.05) is 6.07 Å². The minimum atomic E-state index is 0. The second kappa shape index (κ2) is 9.97. The second-order valence-corrected chi connectivity index (χ2v) is 7.02. The fraction of sp³-hybridized carbons (Fsp3) is 0.684. The van der Waals surface area contributed by atoms with Crippen molar-refractivity contribution < 1.29 is 4.79 Å². The molecule has 6 heteroatoms. The highest BCUT2D eigenvalue weighted by Crippen LogP contribution is 2.23. The van der Waals surface area contributed by atoms with Crippen molar-refractivity contribution in [3.63, 3.8) is 0 Å². The summed E-state index contributed by atoms with van der Waals surface area (Å²) in [6.45, 7) is 7.93. The van der Waals surface area contributed by atoms with Crippen molar-refractivity contribution in [1.82, 2.24) is 15.2 Å². The summed E-state index contributed by atoms with van der Waals surface area (Å²) in [5, 5.41) is 3.35. The molecule has 0 aliphatic carbocycles. The summed E-state index contributed by atoms with van der Waals surface area (Å²) in [7, 11) is 0. The Hall–Kier alpha value is -1.33. The Morgan fingerprint density at radius 2 is 1.96 bits per heavy atom. The molecule has 140 valence electrons. The number of halogens is 1. The van der Waals surface area contributed by atoms with Gasteiger partial charge in [0.05, 0.1) is 0 Å². The summed E-state index contributed by atoms with van der Waals surface area (Å²) in [6, 6.07) is 6.09. The van der Waals surface area contributed by atoms with Crippen molar-refractivity contribution in [2.75, 3.05) is 44.2 Å². The molecule has 25 heavy (non-hydrogen) atoms. The van der Waals surface area contributed by atoms with Crippen molar-refractivity contribution in [3.05, 3.63) is 24.4 Å². The molecule has 2 aliphatic rings. The first-order chi connectivity index (χ1) is 11.8. The Labute approximate surface area is 157 Å². The highest BCUT2D eigenvalue weighted by atomic mass is 35.5. The summed E-state index contributed by atoms with van der Waals surface area (Å²) in [6.07, 6.45) is 6.14. The molecular formula is C19H31ClN4O. The average molecular weight is 367 g/mol. The van der Waals surface area contributed by atoms with Crippen LogP contribution in [0.25, 0.3) is 0 Å². The Bertz CT molecular complexity index is 513. The fourth-order valence-corrected chi connectivity index (χ4v) is 3.90. The van der Waals surface area contributed by atoms with Gasteiger partial charge in [-0.25, -0.2) is 4.98 Å². The van der Waals surface area contributed by atoms with E-state index in [1.807, 2.05) is 18.3 Å². The maximum Gasteiger partial charge on any atom is 0.225 e. The quantitative estimate of drug-likeness (QED) is 0.870. The number of hydrogen-bond acceptors (Lipinski definition) is 4. The van der Waals surface area contributed by atoms with Crippen LogP contribution in [0.3, 0.4) is 0 Å². The molecule has 0 spiro atoms. The van der Waals surface area contributed by atoms with Crippen LogP contribution in [0.1, 0.15) is 32.6 Å². The second-order valence-electron chi connectivity index (χ2n) is 7.02. The van der Waals surface area contributed by atoms with Crippen LogP contribution < -0.4 is 10.2 Å². The van der Waals surface area contributed by atoms with E-state index in [9.17, 15) is 4.79 Å². The maximum absolute atomic E-state index is 12.8. The lowest BCUT2D eigenvalue weighted by Crippen LogP contribution is -2.45. The standard InChI is InChI=1S/C19H30N4O.ClH/c1-2-22(19(24)17-6-11-20-12-7-17)15-16-8-13-23(14-9-16)18-5-3-4-10-21-18;/h3-5,10,16-17,20H,2,6-9,11-15H2,1H3;1H. The number of pyridine rings is 1. The van der Waals surface area contributed by atoms with Crippen LogP contribution in [-0.4, -0.2) is 55.1 Å². The van der Waals surface area contributed by atoms with E-state index in [2.05, 4.69) is 33.1 Å². The van der Waals surface area contributed by atoms with Gasteiger partial charge in [0, 0.05) is 38.3 Å². The minimum absolute atomic E-state index is 0. The molecule has 1 amide bonds. The Kier molecular flexibility index (Phi) is 7.97. The zero-order valence-corrected chi connectivity index (χ0v) is 16.0. The third-order valence-electron chi connectivity index (χ3n) is 5.45. The van der Waals surface area contributed by atoms with Gasteiger partial charge in [-0.15, -0.1) is 12.4 Å². The fourth-order valence-electron chi connectivity index (χ4n) is 3.90. The van der Waals surface area contributed by atoms with E-state index in [1.54, 1.807) is 0 Å². The molecular weight excluding hydrogens is 336 g/mol. The molecule has 3 heterocycles. The van der Waals surface area contributed by atoms with Crippen LogP contribution in [0.15, 0.2) is 24.4 Å². The number of hydrogen-bond donors (Lipinski definition) is 1. The molecule has 2 fully saturated rings. The SMILES string of the molecule is CCN(CC1CCN(c2ccccn2)CC1)C(=O)C1CCNCC1.Cl. The van der Waals surface area contributed by atoms with Crippen molar-refractivity contribution in [3.8, 4) is 0 Å². The summed E-state index contributed by atoms with van der Waals surface area (Å²) < 4.78 is 0. The summed E-state index contributed by atoms with van der Waals surface area (Å²) in [5.41, 5.74) is 0. The van der Waals surface area contributed by atoms with Gasteiger partial charge in [0.2, 0.25) is 5.91 Å². The third-order valence-corrected chi connectivity index (χ3v) is 5.45. The van der Waals surface area contributed by atoms with E-state index in [-0.39, 0.29) is 18.3 Å². The maximum atomic E-state index is 12.8. The van der Waals surface area contributed by atoms with E-state index >= 15 is 0 Å². The number of amides is 1. The zero-order valence-electron chi connectivity index (χ0n) is 15.2. The van der Waals surface area contributed by atoms with E-state index in [0.29, 0.717) is 11.8 Å². The van der Waals surface area contributed by atoms with Crippen LogP contribution in [-0.2, 0) is 4.79 Å². The highest BCUT2D eigenvalue weighted by Gasteiger charge is 2.28. The van der Waals surface area contributed by atoms with Crippen molar-refractivity contribution in [2.45, 2.75) is 32.6 Å². The number of rotatable bonds is 5. The first kappa shape index (κ1) is 20.0. The number of nitrogens with zero attached hydrogens (tertiary/aromatic N) is 3. The Morgan fingerprint density at radius 3 is 2.56 bits per heavy atom. The minimum Gasteiger partial charge on any atom is -0.357 e. The first-order valence-electron chi connectivity index (χ1n) is 9.43. The van der Waals surface area contributed by atoms with E-state index in [4.69, 9.17) is 0 Å². The van der Waals surface area contributed by atoms with Crippen molar-refractivity contribution in [2.24, 2.45) is 11.8 Å². The van der Waals surface area contributed by atoms with Gasteiger partial charge in [0.1, 0.15) is 5.82 Å². The van der Waals surface area contributed by atoms with Crippen LogP contribution in [0.2, 0.25) is 0 Å². The lowest BCUT2D eigenvalue weighted by Gasteiger charge is -2.36. The highest BCUT2D eigenvalue weighted by molar-refractivity contribution is 5.85. The van der Waals surface area contributed by atoms with Crippen molar-refractivity contribution in [1.29, 1.82) is 0 Å². The zero-order chi connectivity index (χ0) is 16.8. The van der Waals surface area contributed by atoms with Gasteiger partial charge >= 0.3 is 0 Å². The van der Waals surface area contributed by atoms with Crippen LogP contribution in [0.5, 0.6) is 0 Å². The molecule has 0 unspecified atom stereocenters. The summed E-state index contributed by atoms with van der Waals surface area (Å²) >= 11 is 0.